The van der Waals surface area contributed by atoms with Gasteiger partial charge in [0.1, 0.15) is 16.9 Å². The molecule has 0 aliphatic carbocycles. The molecule has 32 heavy (non-hydrogen) atoms. The number of halogens is 1. The van der Waals surface area contributed by atoms with Crippen LogP contribution < -0.4 is 10.9 Å². The highest BCUT2D eigenvalue weighted by molar-refractivity contribution is 6.01. The maximum absolute atomic E-state index is 13.9. The molecule has 9 nitrogen and oxygen atoms in total. The smallest absolute Gasteiger partial charge is 0.265 e. The number of aromatic nitrogens is 3. The van der Waals surface area contributed by atoms with Crippen molar-refractivity contribution in [1.82, 2.24) is 25.2 Å². The summed E-state index contributed by atoms with van der Waals surface area (Å²) < 4.78 is 19.2. The Morgan fingerprint density at radius 1 is 1.31 bits per heavy atom. The van der Waals surface area contributed by atoms with Gasteiger partial charge in [-0.1, -0.05) is 0 Å². The molecule has 10 heteroatoms. The van der Waals surface area contributed by atoms with E-state index in [4.69, 9.17) is 4.74 Å². The molecule has 3 N–H and O–H groups in total. The number of morpholine rings is 1. The van der Waals surface area contributed by atoms with E-state index in [1.54, 1.807) is 6.07 Å². The number of aromatic hydroxyl groups is 1. The summed E-state index contributed by atoms with van der Waals surface area (Å²) >= 11 is 0. The second-order valence-corrected chi connectivity index (χ2v) is 7.59. The van der Waals surface area contributed by atoms with Gasteiger partial charge in [-0.2, -0.15) is 0 Å². The fourth-order valence-corrected chi connectivity index (χ4v) is 3.67. The number of H-pyrrole nitrogens is 1. The zero-order valence-electron chi connectivity index (χ0n) is 17.4. The topological polar surface area (TPSA) is 120 Å². The largest absolute Gasteiger partial charge is 0.505 e. The van der Waals surface area contributed by atoms with Gasteiger partial charge in [0.25, 0.3) is 11.5 Å². The fraction of sp³-hybridized carbons (Fsp3) is 0.364. The minimum Gasteiger partial charge on any atom is -0.505 e. The second kappa shape index (κ2) is 9.84. The molecule has 1 amide bonds. The van der Waals surface area contributed by atoms with E-state index in [1.807, 2.05) is 0 Å². The van der Waals surface area contributed by atoms with Crippen molar-refractivity contribution in [2.24, 2.45) is 0 Å². The first kappa shape index (κ1) is 21.8. The predicted molar refractivity (Wildman–Crippen MR) is 115 cm³/mol. The van der Waals surface area contributed by atoms with Crippen molar-refractivity contribution in [2.45, 2.75) is 12.8 Å². The van der Waals surface area contributed by atoms with Crippen LogP contribution in [0.5, 0.6) is 5.75 Å². The third-order valence-electron chi connectivity index (χ3n) is 5.35. The number of pyridine rings is 3. The molecule has 0 radical (unpaired) electrons. The third-order valence-corrected chi connectivity index (χ3v) is 5.35. The van der Waals surface area contributed by atoms with Crippen LogP contribution in [0.4, 0.5) is 4.39 Å². The molecule has 0 aromatic carbocycles. The summed E-state index contributed by atoms with van der Waals surface area (Å²) in [5, 5.41) is 13.2. The molecule has 0 atom stereocenters. The Labute approximate surface area is 183 Å². The third kappa shape index (κ3) is 4.92. The molecule has 4 heterocycles. The van der Waals surface area contributed by atoms with E-state index in [-0.39, 0.29) is 28.7 Å². The molecule has 3 aromatic rings. The lowest BCUT2D eigenvalue weighted by molar-refractivity contribution is 0.0374. The Morgan fingerprint density at radius 2 is 2.12 bits per heavy atom. The normalized spacial score (nSPS) is 14.5. The lowest BCUT2D eigenvalue weighted by Gasteiger charge is -2.26. The first-order valence-electron chi connectivity index (χ1n) is 10.4. The molecule has 1 saturated heterocycles. The molecule has 0 bridgehead atoms. The van der Waals surface area contributed by atoms with Crippen molar-refractivity contribution in [3.63, 3.8) is 0 Å². The molecule has 1 fully saturated rings. The van der Waals surface area contributed by atoms with Crippen LogP contribution in [0.2, 0.25) is 0 Å². The first-order chi connectivity index (χ1) is 15.5. The minimum atomic E-state index is -0.719. The van der Waals surface area contributed by atoms with E-state index in [1.165, 1.54) is 24.5 Å². The van der Waals surface area contributed by atoms with Gasteiger partial charge in [0.05, 0.1) is 24.4 Å². The number of ether oxygens (including phenoxy) is 1. The Kier molecular flexibility index (Phi) is 6.72. The highest BCUT2D eigenvalue weighted by Crippen LogP contribution is 2.24. The summed E-state index contributed by atoms with van der Waals surface area (Å²) in [6.07, 6.45) is 3.83. The lowest BCUT2D eigenvalue weighted by Crippen LogP contribution is -2.38. The average molecular weight is 441 g/mol. The average Bonchev–Trinajstić information content (AvgIpc) is 2.79. The zero-order valence-corrected chi connectivity index (χ0v) is 17.4. The van der Waals surface area contributed by atoms with Crippen LogP contribution in [0.25, 0.3) is 11.0 Å². The summed E-state index contributed by atoms with van der Waals surface area (Å²) in [6.45, 7) is 4.32. The van der Waals surface area contributed by atoms with Crippen molar-refractivity contribution < 1.29 is 19.0 Å². The molecule has 4 rings (SSSR count). The number of hydrogen-bond donors (Lipinski definition) is 3. The summed E-state index contributed by atoms with van der Waals surface area (Å²) in [5.74, 6) is -1.58. The van der Waals surface area contributed by atoms with E-state index in [2.05, 4.69) is 25.2 Å². The Balaban J connectivity index is 1.46. The molecule has 0 saturated carbocycles. The fourth-order valence-electron chi connectivity index (χ4n) is 3.67. The second-order valence-electron chi connectivity index (χ2n) is 7.59. The van der Waals surface area contributed by atoms with E-state index in [0.29, 0.717) is 31.7 Å². The molecule has 1 aliphatic rings. The molecule has 0 unspecified atom stereocenters. The Hall–Kier alpha value is -3.37. The van der Waals surface area contributed by atoms with Crippen LogP contribution in [-0.4, -0.2) is 70.3 Å². The van der Waals surface area contributed by atoms with Gasteiger partial charge in [-0.15, -0.1) is 0 Å². The summed E-state index contributed by atoms with van der Waals surface area (Å²) in [6, 6.07) is 4.40. The van der Waals surface area contributed by atoms with Crippen molar-refractivity contribution >= 4 is 16.9 Å². The van der Waals surface area contributed by atoms with Gasteiger partial charge in [0, 0.05) is 38.4 Å². The van der Waals surface area contributed by atoms with Crippen molar-refractivity contribution in [3.8, 4) is 5.75 Å². The van der Waals surface area contributed by atoms with Gasteiger partial charge >= 0.3 is 0 Å². The molecule has 3 aromatic heterocycles. The number of amides is 1. The standard InChI is InChI=1S/C22H24FN5O4/c23-15-3-1-4-24-16(15)11-14-12-17-19(26-13-14)20(29)18(22(31)27-17)21(30)25-5-2-6-28-7-9-32-10-8-28/h1,3-4,12-13H,2,5-11H2,(H,25,30)(H2,27,29,31). The van der Waals surface area contributed by atoms with E-state index >= 15 is 0 Å². The van der Waals surface area contributed by atoms with Gasteiger partial charge in [-0.05, 0) is 36.7 Å². The van der Waals surface area contributed by atoms with Crippen LogP contribution in [0.3, 0.4) is 0 Å². The highest BCUT2D eigenvalue weighted by atomic mass is 19.1. The number of hydrogen-bond acceptors (Lipinski definition) is 7. The van der Waals surface area contributed by atoms with Crippen molar-refractivity contribution in [2.75, 3.05) is 39.4 Å². The minimum absolute atomic E-state index is 0.0910. The number of fused-ring (bicyclic) bond motifs is 1. The monoisotopic (exact) mass is 441 g/mol. The van der Waals surface area contributed by atoms with Gasteiger partial charge in [-0.25, -0.2) is 4.39 Å². The predicted octanol–water partition coefficient (Wildman–Crippen LogP) is 1.21. The number of aromatic amines is 1. The van der Waals surface area contributed by atoms with Gasteiger partial charge in [0.2, 0.25) is 0 Å². The van der Waals surface area contributed by atoms with Gasteiger partial charge in [0.15, 0.2) is 5.75 Å². The quantitative estimate of drug-likeness (QED) is 0.471. The van der Waals surface area contributed by atoms with Crippen LogP contribution in [-0.2, 0) is 11.2 Å². The van der Waals surface area contributed by atoms with E-state index in [9.17, 15) is 19.1 Å². The summed E-state index contributed by atoms with van der Waals surface area (Å²) in [5.41, 5.74) is 0.0980. The van der Waals surface area contributed by atoms with Crippen LogP contribution in [0.15, 0.2) is 35.4 Å². The van der Waals surface area contributed by atoms with E-state index < -0.39 is 23.0 Å². The van der Waals surface area contributed by atoms with E-state index in [0.717, 1.165) is 19.6 Å². The number of carbonyl (C=O) groups is 1. The maximum atomic E-state index is 13.9. The molecular formula is C22H24FN5O4. The van der Waals surface area contributed by atoms with Crippen LogP contribution in [0, 0.1) is 5.82 Å². The molecule has 168 valence electrons. The van der Waals surface area contributed by atoms with Crippen LogP contribution in [0.1, 0.15) is 28.0 Å². The Morgan fingerprint density at radius 3 is 2.91 bits per heavy atom. The first-order valence-corrected chi connectivity index (χ1v) is 10.4. The van der Waals surface area contributed by atoms with Gasteiger partial charge in [-0.3, -0.25) is 24.5 Å². The maximum Gasteiger partial charge on any atom is 0.265 e. The number of carbonyl (C=O) groups excluding carboxylic acids is 1. The summed E-state index contributed by atoms with van der Waals surface area (Å²) in [7, 11) is 0. The van der Waals surface area contributed by atoms with Crippen molar-refractivity contribution in [3.05, 3.63) is 63.6 Å². The number of rotatable bonds is 7. The van der Waals surface area contributed by atoms with Crippen LogP contribution >= 0.6 is 0 Å². The molecular weight excluding hydrogens is 417 g/mol. The lowest BCUT2D eigenvalue weighted by atomic mass is 10.1. The van der Waals surface area contributed by atoms with Crippen molar-refractivity contribution in [1.29, 1.82) is 0 Å². The number of nitrogens with zero attached hydrogens (tertiary/aromatic N) is 3. The zero-order chi connectivity index (χ0) is 22.5. The number of nitrogens with one attached hydrogen (secondary N) is 2. The summed E-state index contributed by atoms with van der Waals surface area (Å²) in [4.78, 5) is 38.0. The van der Waals surface area contributed by atoms with Gasteiger partial charge < -0.3 is 20.1 Å². The highest BCUT2D eigenvalue weighted by Gasteiger charge is 2.20. The molecule has 1 aliphatic heterocycles. The molecule has 0 spiro atoms. The Bertz CT molecular complexity index is 1180. The SMILES string of the molecule is O=C(NCCCN1CCOCC1)c1c(O)c2ncc(Cc3ncccc3F)cc2[nH]c1=O.